The van der Waals surface area contributed by atoms with E-state index in [2.05, 4.69) is 5.32 Å². The van der Waals surface area contributed by atoms with E-state index >= 15 is 0 Å². The standard InChI is InChI=1S/C12H13N3O7.2K/c13-8(12(19)20)2-4-10(16)14-6-1-3-9(15(21)22)7(5-6)11(17)18;;/h1,3,5,8H,2,4,13H2,(H,14,16)(H,17,18)(H,19,20);;/q;2*+1/p-2. The van der Waals surface area contributed by atoms with E-state index in [0.717, 1.165) is 18.2 Å². The summed E-state index contributed by atoms with van der Waals surface area (Å²) in [4.78, 5) is 42.5. The Kier molecular flexibility index (Phi) is 13.9. The van der Waals surface area contributed by atoms with Gasteiger partial charge in [-0.25, -0.2) is 0 Å². The summed E-state index contributed by atoms with van der Waals surface area (Å²) in [6, 6.07) is 1.63. The SMILES string of the molecule is NC(CCC(=O)Nc1ccc([N+](=O)[O-])c(C(=O)[O-])c1)C(=O)[O-].[K+].[K+]. The molecule has 1 amide bonds. The average molecular weight is 387 g/mol. The van der Waals surface area contributed by atoms with Crippen LogP contribution in [0.2, 0.25) is 0 Å². The van der Waals surface area contributed by atoms with Crippen LogP contribution >= 0.6 is 0 Å². The van der Waals surface area contributed by atoms with E-state index in [1.165, 1.54) is 0 Å². The summed E-state index contributed by atoms with van der Waals surface area (Å²) in [7, 11) is 0. The summed E-state index contributed by atoms with van der Waals surface area (Å²) in [6.07, 6.45) is -0.415. The van der Waals surface area contributed by atoms with Crippen LogP contribution < -0.4 is 124 Å². The maximum atomic E-state index is 11.6. The van der Waals surface area contributed by atoms with Crippen molar-refractivity contribution in [3.8, 4) is 0 Å². The first-order valence-corrected chi connectivity index (χ1v) is 5.98. The van der Waals surface area contributed by atoms with Crippen molar-refractivity contribution in [2.45, 2.75) is 18.9 Å². The summed E-state index contributed by atoms with van der Waals surface area (Å²) in [5.41, 5.74) is 3.81. The normalized spacial score (nSPS) is 10.5. The molecule has 0 aromatic heterocycles. The number of nitrogens with two attached hydrogens (primary N) is 1. The molecule has 0 bridgehead atoms. The summed E-state index contributed by atoms with van der Waals surface area (Å²) in [5.74, 6) is -3.89. The van der Waals surface area contributed by atoms with Crippen molar-refractivity contribution in [3.05, 3.63) is 33.9 Å². The molecule has 0 heterocycles. The number of amides is 1. The number of nitrogens with one attached hydrogen (secondary N) is 1. The molecule has 12 heteroatoms. The first-order valence-electron chi connectivity index (χ1n) is 5.98. The molecule has 0 radical (unpaired) electrons. The molecule has 1 unspecified atom stereocenters. The topological polar surface area (TPSA) is 179 Å². The van der Waals surface area contributed by atoms with Gasteiger partial charge in [-0.15, -0.1) is 0 Å². The maximum absolute atomic E-state index is 11.6. The van der Waals surface area contributed by atoms with Gasteiger partial charge >= 0.3 is 103 Å². The second-order valence-corrected chi connectivity index (χ2v) is 4.29. The Bertz CT molecular complexity index is 639. The number of carboxylic acids is 2. The van der Waals surface area contributed by atoms with Crippen LogP contribution in [-0.2, 0) is 9.59 Å². The summed E-state index contributed by atoms with van der Waals surface area (Å²) < 4.78 is 0. The van der Waals surface area contributed by atoms with Crippen molar-refractivity contribution in [2.24, 2.45) is 5.73 Å². The number of hydrogen-bond donors (Lipinski definition) is 2. The Hall–Kier alpha value is 0.263. The second kappa shape index (κ2) is 12.6. The van der Waals surface area contributed by atoms with Crippen LogP contribution in [0.3, 0.4) is 0 Å². The molecule has 118 valence electrons. The Labute approximate surface area is 221 Å². The minimum absolute atomic E-state index is 0. The predicted octanol–water partition coefficient (Wildman–Crippen LogP) is -8.24. The van der Waals surface area contributed by atoms with Gasteiger partial charge in [0.2, 0.25) is 5.91 Å². The molecule has 0 saturated carbocycles. The minimum atomic E-state index is -1.76. The summed E-state index contributed by atoms with van der Waals surface area (Å²) in [5, 5.41) is 34.2. The van der Waals surface area contributed by atoms with E-state index in [9.17, 15) is 34.7 Å². The number of nitro benzene ring substituents is 1. The molecule has 24 heavy (non-hydrogen) atoms. The average Bonchev–Trinajstić information content (AvgIpc) is 2.44. The fraction of sp³-hybridized carbons (Fsp3) is 0.250. The number of nitro groups is 1. The molecule has 1 aromatic carbocycles. The maximum Gasteiger partial charge on any atom is 1.00 e. The fourth-order valence-corrected chi connectivity index (χ4v) is 1.56. The first-order chi connectivity index (χ1) is 10.2. The smallest absolute Gasteiger partial charge is 0.548 e. The van der Waals surface area contributed by atoms with Gasteiger partial charge in [0.15, 0.2) is 0 Å². The van der Waals surface area contributed by atoms with Gasteiger partial charge in [0.25, 0.3) is 5.69 Å². The van der Waals surface area contributed by atoms with E-state index in [-0.39, 0.29) is 121 Å². The zero-order chi connectivity index (χ0) is 16.9. The molecule has 1 atom stereocenters. The number of hydrogen-bond acceptors (Lipinski definition) is 8. The number of anilines is 1. The third-order valence-electron chi connectivity index (χ3n) is 2.68. The molecule has 1 rings (SSSR count). The summed E-state index contributed by atoms with van der Waals surface area (Å²) in [6.45, 7) is 0. The van der Waals surface area contributed by atoms with Crippen LogP contribution in [0.1, 0.15) is 23.2 Å². The number of nitrogens with zero attached hydrogens (tertiary/aromatic N) is 1. The number of carboxylic acid groups (broad SMARTS) is 2. The van der Waals surface area contributed by atoms with Crippen molar-refractivity contribution in [2.75, 3.05) is 5.32 Å². The Morgan fingerprint density at radius 2 is 1.79 bits per heavy atom. The molecular weight excluding hydrogens is 376 g/mol. The molecule has 0 aliphatic heterocycles. The number of carbonyl (C=O) groups is 3. The number of aliphatic carboxylic acids is 1. The van der Waals surface area contributed by atoms with E-state index < -0.39 is 40.1 Å². The zero-order valence-electron chi connectivity index (χ0n) is 13.1. The predicted molar refractivity (Wildman–Crippen MR) is 68.3 cm³/mol. The molecule has 0 aliphatic rings. The van der Waals surface area contributed by atoms with Gasteiger partial charge in [-0.1, -0.05) is 0 Å². The molecule has 0 saturated heterocycles. The quantitative estimate of drug-likeness (QED) is 0.263. The molecule has 1 aromatic rings. The summed E-state index contributed by atoms with van der Waals surface area (Å²) >= 11 is 0. The van der Waals surface area contributed by atoms with Crippen molar-refractivity contribution in [1.29, 1.82) is 0 Å². The van der Waals surface area contributed by atoms with Gasteiger partial charge in [-0.05, 0) is 18.6 Å². The minimum Gasteiger partial charge on any atom is -0.548 e. The molecule has 0 fully saturated rings. The van der Waals surface area contributed by atoms with Crippen molar-refractivity contribution < 1.29 is 132 Å². The van der Waals surface area contributed by atoms with E-state index in [1.807, 2.05) is 0 Å². The van der Waals surface area contributed by atoms with E-state index in [1.54, 1.807) is 0 Å². The third-order valence-corrected chi connectivity index (χ3v) is 2.68. The van der Waals surface area contributed by atoms with Gasteiger partial charge in [-0.2, -0.15) is 0 Å². The van der Waals surface area contributed by atoms with Gasteiger partial charge in [0, 0.05) is 24.2 Å². The first kappa shape index (κ1) is 26.5. The number of carbonyl (C=O) groups excluding carboxylic acids is 3. The van der Waals surface area contributed by atoms with Crippen molar-refractivity contribution in [1.82, 2.24) is 0 Å². The van der Waals surface area contributed by atoms with Crippen LogP contribution in [-0.4, -0.2) is 28.8 Å². The van der Waals surface area contributed by atoms with Gasteiger partial charge in [0.1, 0.15) is 0 Å². The Morgan fingerprint density at radius 3 is 2.25 bits per heavy atom. The molecular formula is C12H11K2N3O7. The van der Waals surface area contributed by atoms with Gasteiger partial charge in [0.05, 0.1) is 22.4 Å². The van der Waals surface area contributed by atoms with E-state index in [4.69, 9.17) is 5.73 Å². The Morgan fingerprint density at radius 1 is 1.21 bits per heavy atom. The van der Waals surface area contributed by atoms with Crippen molar-refractivity contribution >= 4 is 29.2 Å². The van der Waals surface area contributed by atoms with Crippen molar-refractivity contribution in [3.63, 3.8) is 0 Å². The van der Waals surface area contributed by atoms with Crippen LogP contribution in [0.15, 0.2) is 18.2 Å². The van der Waals surface area contributed by atoms with E-state index in [0.29, 0.717) is 0 Å². The van der Waals surface area contributed by atoms with Crippen LogP contribution in [0, 0.1) is 10.1 Å². The zero-order valence-corrected chi connectivity index (χ0v) is 19.4. The monoisotopic (exact) mass is 387 g/mol. The largest absolute Gasteiger partial charge is 1.00 e. The van der Waals surface area contributed by atoms with Crippen LogP contribution in [0.5, 0.6) is 0 Å². The van der Waals surface area contributed by atoms with Crippen LogP contribution in [0.4, 0.5) is 11.4 Å². The van der Waals surface area contributed by atoms with Gasteiger partial charge in [-0.3, -0.25) is 14.9 Å². The number of benzene rings is 1. The Balaban J connectivity index is 0. The van der Waals surface area contributed by atoms with Crippen LogP contribution in [0.25, 0.3) is 0 Å². The van der Waals surface area contributed by atoms with Gasteiger partial charge < -0.3 is 30.9 Å². The number of rotatable bonds is 7. The third kappa shape index (κ3) is 8.57. The molecule has 10 nitrogen and oxygen atoms in total. The molecule has 0 aliphatic carbocycles. The fourth-order valence-electron chi connectivity index (χ4n) is 1.56. The molecule has 0 spiro atoms. The second-order valence-electron chi connectivity index (χ2n) is 4.29. The molecule has 3 N–H and O–H groups in total. The number of aromatic carboxylic acids is 1.